The highest BCUT2D eigenvalue weighted by Gasteiger charge is 2.33. The van der Waals surface area contributed by atoms with Crippen LogP contribution in [-0.2, 0) is 6.54 Å². The van der Waals surface area contributed by atoms with E-state index in [0.29, 0.717) is 17.1 Å². The second-order valence-corrected chi connectivity index (χ2v) is 6.16. The molecule has 1 aliphatic heterocycles. The number of aromatic amines is 1. The van der Waals surface area contributed by atoms with Gasteiger partial charge >= 0.3 is 6.03 Å². The third-order valence-corrected chi connectivity index (χ3v) is 4.57. The van der Waals surface area contributed by atoms with E-state index in [1.807, 2.05) is 0 Å². The first-order chi connectivity index (χ1) is 12.5. The lowest BCUT2D eigenvalue weighted by Crippen LogP contribution is -2.42. The number of urea groups is 1. The third-order valence-electron chi connectivity index (χ3n) is 4.57. The second-order valence-electron chi connectivity index (χ2n) is 6.16. The molecule has 0 radical (unpaired) electrons. The summed E-state index contributed by atoms with van der Waals surface area (Å²) in [5.41, 5.74) is 7.10. The normalized spacial score (nSPS) is 16.3. The Morgan fingerprint density at radius 1 is 1.23 bits per heavy atom. The number of H-pyrrole nitrogens is 1. The molecule has 26 heavy (non-hydrogen) atoms. The zero-order valence-electron chi connectivity index (χ0n) is 13.7. The number of primary amides is 1. The third kappa shape index (κ3) is 2.65. The summed E-state index contributed by atoms with van der Waals surface area (Å²) in [7, 11) is 0. The molecule has 0 aliphatic carbocycles. The minimum absolute atomic E-state index is 0.206. The van der Waals surface area contributed by atoms with Crippen molar-refractivity contribution >= 4 is 6.03 Å². The van der Waals surface area contributed by atoms with Gasteiger partial charge in [0.2, 0.25) is 0 Å². The highest BCUT2D eigenvalue weighted by Crippen LogP contribution is 2.31. The predicted molar refractivity (Wildman–Crippen MR) is 92.4 cm³/mol. The molecule has 4 rings (SSSR count). The molecule has 0 fully saturated rings. The van der Waals surface area contributed by atoms with Crippen LogP contribution in [0.1, 0.15) is 22.7 Å². The number of fused-ring (bicyclic) bond motifs is 1. The number of nitrogens with zero attached hydrogens (tertiary/aromatic N) is 3. The van der Waals surface area contributed by atoms with Crippen LogP contribution in [0.3, 0.4) is 0 Å². The van der Waals surface area contributed by atoms with Gasteiger partial charge < -0.3 is 10.6 Å². The summed E-state index contributed by atoms with van der Waals surface area (Å²) in [5, 5.41) is 3.03. The van der Waals surface area contributed by atoms with E-state index >= 15 is 0 Å². The lowest BCUT2D eigenvalue weighted by Gasteiger charge is -2.31. The molecule has 0 spiro atoms. The van der Waals surface area contributed by atoms with E-state index in [0.717, 1.165) is 5.56 Å². The second kappa shape index (κ2) is 6.14. The quantitative estimate of drug-likeness (QED) is 0.734. The fourth-order valence-corrected chi connectivity index (χ4v) is 3.32. The van der Waals surface area contributed by atoms with E-state index in [4.69, 9.17) is 5.73 Å². The van der Waals surface area contributed by atoms with Crippen molar-refractivity contribution < 1.29 is 9.18 Å². The number of carbonyl (C=O) groups excluding carboxylic acids is 1. The summed E-state index contributed by atoms with van der Waals surface area (Å²) >= 11 is 0. The largest absolute Gasteiger partial charge is 0.351 e. The number of rotatable bonds is 2. The van der Waals surface area contributed by atoms with Gasteiger partial charge in [-0.2, -0.15) is 0 Å². The Morgan fingerprint density at radius 2 is 2.00 bits per heavy atom. The predicted octanol–water partition coefficient (Wildman–Crippen LogP) is 1.73. The molecule has 132 valence electrons. The smallest absolute Gasteiger partial charge is 0.315 e. The lowest BCUT2D eigenvalue weighted by atomic mass is 9.88. The van der Waals surface area contributed by atoms with E-state index in [2.05, 4.69) is 10.1 Å². The van der Waals surface area contributed by atoms with Crippen LogP contribution >= 0.6 is 0 Å². The molecule has 1 atom stereocenters. The SMILES string of the molecule is NC(=O)N1Cc2[nH]n(-c3ccccn3)c(=O)c2C(c2ccc(F)cc2)C1. The van der Waals surface area contributed by atoms with Gasteiger partial charge in [0.15, 0.2) is 5.82 Å². The van der Waals surface area contributed by atoms with Crippen molar-refractivity contribution in [2.45, 2.75) is 12.5 Å². The Labute approximate surface area is 147 Å². The molecule has 7 nitrogen and oxygen atoms in total. The molecule has 3 N–H and O–H groups in total. The summed E-state index contributed by atoms with van der Waals surface area (Å²) in [6.45, 7) is 0.459. The summed E-state index contributed by atoms with van der Waals surface area (Å²) in [6.07, 6.45) is 1.59. The number of benzene rings is 1. The number of aromatic nitrogens is 3. The van der Waals surface area contributed by atoms with Crippen molar-refractivity contribution in [2.75, 3.05) is 6.54 Å². The summed E-state index contributed by atoms with van der Waals surface area (Å²) < 4.78 is 14.6. The first-order valence-corrected chi connectivity index (χ1v) is 8.09. The molecule has 0 saturated carbocycles. The van der Waals surface area contributed by atoms with Gasteiger partial charge in [-0.25, -0.2) is 18.9 Å². The number of hydrogen-bond donors (Lipinski definition) is 2. The van der Waals surface area contributed by atoms with Crippen LogP contribution in [0.5, 0.6) is 0 Å². The maximum atomic E-state index is 13.3. The van der Waals surface area contributed by atoms with Crippen molar-refractivity contribution in [2.24, 2.45) is 5.73 Å². The molecule has 2 aromatic heterocycles. The molecule has 8 heteroatoms. The zero-order chi connectivity index (χ0) is 18.3. The van der Waals surface area contributed by atoms with Gasteiger partial charge in [-0.15, -0.1) is 0 Å². The van der Waals surface area contributed by atoms with E-state index in [1.54, 1.807) is 36.5 Å². The van der Waals surface area contributed by atoms with Gasteiger partial charge in [0, 0.05) is 18.7 Å². The van der Waals surface area contributed by atoms with Gasteiger partial charge in [0.1, 0.15) is 5.82 Å². The van der Waals surface area contributed by atoms with Crippen molar-refractivity contribution in [3.63, 3.8) is 0 Å². The fourth-order valence-electron chi connectivity index (χ4n) is 3.32. The minimum atomic E-state index is -0.575. The number of pyridine rings is 1. The number of carbonyl (C=O) groups is 1. The first-order valence-electron chi connectivity index (χ1n) is 8.09. The van der Waals surface area contributed by atoms with Crippen molar-refractivity contribution in [1.29, 1.82) is 0 Å². The van der Waals surface area contributed by atoms with Gasteiger partial charge in [0.05, 0.1) is 17.8 Å². The average molecular weight is 353 g/mol. The minimum Gasteiger partial charge on any atom is -0.351 e. The fraction of sp³-hybridized carbons (Fsp3) is 0.167. The number of halogens is 1. The maximum Gasteiger partial charge on any atom is 0.315 e. The Hall–Kier alpha value is -3.42. The van der Waals surface area contributed by atoms with E-state index < -0.39 is 11.9 Å². The van der Waals surface area contributed by atoms with Crippen LogP contribution in [0.15, 0.2) is 53.5 Å². The van der Waals surface area contributed by atoms with Crippen LogP contribution < -0.4 is 11.3 Å². The molecule has 3 aromatic rings. The zero-order valence-corrected chi connectivity index (χ0v) is 13.7. The van der Waals surface area contributed by atoms with E-state index in [-0.39, 0.29) is 24.5 Å². The van der Waals surface area contributed by atoms with Crippen LogP contribution in [0, 0.1) is 5.82 Å². The van der Waals surface area contributed by atoms with Gasteiger partial charge in [-0.05, 0) is 29.8 Å². The van der Waals surface area contributed by atoms with Crippen LogP contribution in [0.25, 0.3) is 5.82 Å². The van der Waals surface area contributed by atoms with Crippen molar-refractivity contribution in [1.82, 2.24) is 19.7 Å². The number of nitrogens with one attached hydrogen (secondary N) is 1. The Morgan fingerprint density at radius 3 is 2.65 bits per heavy atom. The van der Waals surface area contributed by atoms with E-state index in [9.17, 15) is 14.0 Å². The molecule has 0 bridgehead atoms. The molecule has 3 heterocycles. The number of nitrogens with two attached hydrogens (primary N) is 1. The summed E-state index contributed by atoms with van der Waals surface area (Å²) in [5.74, 6) is -0.313. The van der Waals surface area contributed by atoms with Crippen LogP contribution in [0.4, 0.5) is 9.18 Å². The van der Waals surface area contributed by atoms with Gasteiger partial charge in [-0.1, -0.05) is 18.2 Å². The topological polar surface area (TPSA) is 97.0 Å². The van der Waals surface area contributed by atoms with Crippen molar-refractivity contribution in [3.05, 3.63) is 81.7 Å². The molecular weight excluding hydrogens is 337 g/mol. The highest BCUT2D eigenvalue weighted by atomic mass is 19.1. The first kappa shape index (κ1) is 16.1. The Balaban J connectivity index is 1.87. The Bertz CT molecular complexity index is 1010. The average Bonchev–Trinajstić information content (AvgIpc) is 2.99. The summed E-state index contributed by atoms with van der Waals surface area (Å²) in [4.78, 5) is 30.4. The molecule has 1 aromatic carbocycles. The van der Waals surface area contributed by atoms with Crippen LogP contribution in [0.2, 0.25) is 0 Å². The van der Waals surface area contributed by atoms with Crippen molar-refractivity contribution in [3.8, 4) is 5.82 Å². The highest BCUT2D eigenvalue weighted by molar-refractivity contribution is 5.72. The maximum absolute atomic E-state index is 13.3. The standard InChI is InChI=1S/C18H16FN5O2/c19-12-6-4-11(5-7-12)13-9-23(18(20)26)10-14-16(13)17(25)24(22-14)15-3-1-2-8-21-15/h1-8,13,22H,9-10H2,(H2,20,26). The van der Waals surface area contributed by atoms with Crippen LogP contribution in [-0.4, -0.2) is 32.2 Å². The number of amides is 2. The number of hydrogen-bond acceptors (Lipinski definition) is 3. The molecule has 2 amide bonds. The monoisotopic (exact) mass is 353 g/mol. The van der Waals surface area contributed by atoms with Gasteiger partial charge in [0.25, 0.3) is 5.56 Å². The molecule has 1 aliphatic rings. The van der Waals surface area contributed by atoms with Gasteiger partial charge in [-0.3, -0.25) is 9.89 Å². The van der Waals surface area contributed by atoms with E-state index in [1.165, 1.54) is 21.7 Å². The lowest BCUT2D eigenvalue weighted by molar-refractivity contribution is 0.198. The molecule has 0 saturated heterocycles. The Kier molecular flexibility index (Phi) is 3.80. The molecular formula is C18H16FN5O2. The molecule has 1 unspecified atom stereocenters. The summed E-state index contributed by atoms with van der Waals surface area (Å²) in [6, 6.07) is 10.6.